The second kappa shape index (κ2) is 7.55. The molecule has 2 heterocycles. The van der Waals surface area contributed by atoms with Crippen LogP contribution < -0.4 is 5.43 Å². The van der Waals surface area contributed by atoms with E-state index < -0.39 is 22.4 Å². The summed E-state index contributed by atoms with van der Waals surface area (Å²) in [7, 11) is 0. The van der Waals surface area contributed by atoms with Crippen LogP contribution in [0.4, 0.5) is 0 Å². The maximum absolute atomic E-state index is 12.9. The van der Waals surface area contributed by atoms with E-state index in [0.717, 1.165) is 4.88 Å². The molecule has 1 atom stereocenters. The third kappa shape index (κ3) is 3.46. The van der Waals surface area contributed by atoms with E-state index in [2.05, 4.69) is 20.9 Å². The van der Waals surface area contributed by atoms with Crippen molar-refractivity contribution < 1.29 is 9.35 Å². The predicted molar refractivity (Wildman–Crippen MR) is 106 cm³/mol. The Balaban J connectivity index is 2.19. The lowest BCUT2D eigenvalue weighted by atomic mass is 10.1. The second-order valence-corrected chi connectivity index (χ2v) is 9.18. The monoisotopic (exact) mass is 468 g/mol. The summed E-state index contributed by atoms with van der Waals surface area (Å²) < 4.78 is 13.5. The first-order valence-electron chi connectivity index (χ1n) is 7.25. The van der Waals surface area contributed by atoms with Crippen LogP contribution in [0.15, 0.2) is 38.6 Å². The lowest BCUT2D eigenvalue weighted by Crippen LogP contribution is -2.22. The molecule has 0 saturated carbocycles. The van der Waals surface area contributed by atoms with Gasteiger partial charge in [0.15, 0.2) is 5.78 Å². The first-order valence-corrected chi connectivity index (χ1v) is 10.6. The van der Waals surface area contributed by atoms with E-state index in [0.29, 0.717) is 14.9 Å². The molecule has 0 aliphatic carbocycles. The number of nitrogens with zero attached hydrogens (tertiary/aromatic N) is 1. The molecule has 0 amide bonds. The van der Waals surface area contributed by atoms with Crippen molar-refractivity contribution in [1.82, 2.24) is 4.98 Å². The molecule has 1 aromatic carbocycles. The average Bonchev–Trinajstić information content (AvgIpc) is 3.04. The third-order valence-corrected chi connectivity index (χ3v) is 7.13. The van der Waals surface area contributed by atoms with Crippen LogP contribution in [-0.4, -0.2) is 15.3 Å². The molecule has 1 unspecified atom stereocenters. The van der Waals surface area contributed by atoms with Crippen LogP contribution in [0.3, 0.4) is 0 Å². The number of carbonyl (C=O) groups excluding carboxylic acids is 1. The highest BCUT2D eigenvalue weighted by atomic mass is 79.9. The Morgan fingerprint density at radius 1 is 1.42 bits per heavy atom. The summed E-state index contributed by atoms with van der Waals surface area (Å²) in [4.78, 5) is 29.1. The Bertz CT molecular complexity index is 1130. The van der Waals surface area contributed by atoms with Gasteiger partial charge in [-0.1, -0.05) is 11.6 Å². The zero-order valence-corrected chi connectivity index (χ0v) is 17.2. The highest BCUT2D eigenvalue weighted by Crippen LogP contribution is 2.30. The maximum atomic E-state index is 12.9. The summed E-state index contributed by atoms with van der Waals surface area (Å²) in [6, 6.07) is 8.59. The molecule has 0 aliphatic rings. The Kier molecular flexibility index (Phi) is 5.55. The zero-order chi connectivity index (χ0) is 19.0. The number of hydrogen-bond acceptors (Lipinski definition) is 5. The number of aromatic amines is 1. The van der Waals surface area contributed by atoms with Crippen LogP contribution >= 0.6 is 38.9 Å². The van der Waals surface area contributed by atoms with Crippen molar-refractivity contribution in [3.63, 3.8) is 0 Å². The fourth-order valence-electron chi connectivity index (χ4n) is 2.51. The molecule has 132 valence electrons. The van der Waals surface area contributed by atoms with E-state index in [1.807, 2.05) is 6.07 Å². The summed E-state index contributed by atoms with van der Waals surface area (Å²) in [5, 5.41) is 9.35. The number of fused-ring (bicyclic) bond motifs is 1. The van der Waals surface area contributed by atoms with Gasteiger partial charge in [0, 0.05) is 15.6 Å². The van der Waals surface area contributed by atoms with E-state index in [1.165, 1.54) is 18.3 Å². The molecule has 0 aliphatic heterocycles. The quantitative estimate of drug-likeness (QED) is 0.453. The van der Waals surface area contributed by atoms with Crippen LogP contribution in [0, 0.1) is 11.3 Å². The van der Waals surface area contributed by atoms with Gasteiger partial charge in [-0.05, 0) is 47.1 Å². The van der Waals surface area contributed by atoms with Crippen LogP contribution in [0.1, 0.15) is 27.0 Å². The second-order valence-electron chi connectivity index (χ2n) is 5.36. The Morgan fingerprint density at radius 3 is 2.77 bits per heavy atom. The number of rotatable bonds is 4. The first kappa shape index (κ1) is 19.1. The summed E-state index contributed by atoms with van der Waals surface area (Å²) in [6.07, 6.45) is 0. The fraction of sp³-hybridized carbons (Fsp3) is 0.118. The van der Waals surface area contributed by atoms with Crippen molar-refractivity contribution >= 4 is 66.7 Å². The molecule has 3 aromatic rings. The largest absolute Gasteiger partial charge is 0.610 e. The molecule has 5 nitrogen and oxygen atoms in total. The maximum Gasteiger partial charge on any atom is 0.238 e. The standard InChI is InChI=1S/C17H10BrClN2O3S2/c1-8(22)13-16(23)14-12(19)5-4-11(18)15(14)21-17(13)26(24)7-10-3-2-9(6-20)25-10/h2-5H,7H2,1H3,(H,21,23). The lowest BCUT2D eigenvalue weighted by Gasteiger charge is -2.14. The summed E-state index contributed by atoms with van der Waals surface area (Å²) in [5.74, 6) is -0.400. The number of Topliss-reactive ketones (excluding diaryl/α,β-unsaturated/α-hetero) is 1. The summed E-state index contributed by atoms with van der Waals surface area (Å²) in [5.41, 5.74) is -0.322. The van der Waals surface area contributed by atoms with E-state index in [9.17, 15) is 14.1 Å². The minimum atomic E-state index is -1.68. The number of carbonyl (C=O) groups is 1. The van der Waals surface area contributed by atoms with Gasteiger partial charge in [0.05, 0.1) is 20.8 Å². The van der Waals surface area contributed by atoms with E-state index in [4.69, 9.17) is 16.9 Å². The predicted octanol–water partition coefficient (Wildman–Crippen LogP) is 4.39. The summed E-state index contributed by atoms with van der Waals surface area (Å²) >= 11 is 9.02. The van der Waals surface area contributed by atoms with Crippen molar-refractivity contribution in [3.8, 4) is 6.07 Å². The van der Waals surface area contributed by atoms with Gasteiger partial charge >= 0.3 is 0 Å². The van der Waals surface area contributed by atoms with Crippen molar-refractivity contribution in [3.05, 3.63) is 59.3 Å². The number of hydrogen-bond donors (Lipinski definition) is 1. The van der Waals surface area contributed by atoms with E-state index in [1.54, 1.807) is 24.3 Å². The van der Waals surface area contributed by atoms with Crippen LogP contribution in [0.25, 0.3) is 10.9 Å². The number of halogens is 2. The number of nitriles is 1. The van der Waals surface area contributed by atoms with E-state index in [-0.39, 0.29) is 26.8 Å². The highest BCUT2D eigenvalue weighted by Gasteiger charge is 2.27. The normalized spacial score (nSPS) is 12.1. The smallest absolute Gasteiger partial charge is 0.238 e. The molecule has 3 rings (SSSR count). The molecule has 0 radical (unpaired) electrons. The minimum Gasteiger partial charge on any atom is -0.610 e. The fourth-order valence-corrected chi connectivity index (χ4v) is 5.52. The van der Waals surface area contributed by atoms with Crippen LogP contribution in [0.5, 0.6) is 0 Å². The van der Waals surface area contributed by atoms with Gasteiger partial charge in [-0.2, -0.15) is 5.26 Å². The molecular formula is C17H10BrClN2O3S2. The van der Waals surface area contributed by atoms with Crippen molar-refractivity contribution in [2.24, 2.45) is 0 Å². The Hall–Kier alpha value is -1.63. The Morgan fingerprint density at radius 2 is 2.15 bits per heavy atom. The highest BCUT2D eigenvalue weighted by molar-refractivity contribution is 9.10. The number of nitrogens with one attached hydrogen (secondary N) is 1. The Labute approximate surface area is 168 Å². The first-order chi connectivity index (χ1) is 12.3. The SMILES string of the molecule is CC(=O)c1c([S+]([O-])Cc2ccc(C#N)s2)[nH]c2c(Br)ccc(Cl)c2c1=O. The van der Waals surface area contributed by atoms with Gasteiger partial charge in [0.25, 0.3) is 0 Å². The average molecular weight is 470 g/mol. The third-order valence-electron chi connectivity index (χ3n) is 3.65. The zero-order valence-electron chi connectivity index (χ0n) is 13.3. The molecule has 1 N–H and O–H groups in total. The van der Waals surface area contributed by atoms with Gasteiger partial charge < -0.3 is 9.54 Å². The van der Waals surface area contributed by atoms with E-state index >= 15 is 0 Å². The number of benzene rings is 1. The molecule has 0 bridgehead atoms. The van der Waals surface area contributed by atoms with Crippen LogP contribution in [0.2, 0.25) is 5.02 Å². The van der Waals surface area contributed by atoms with Gasteiger partial charge in [-0.25, -0.2) is 0 Å². The molecule has 0 fully saturated rings. The number of thiophene rings is 1. The number of aromatic nitrogens is 1. The molecule has 0 saturated heterocycles. The number of ketones is 1. The topological polar surface area (TPSA) is 96.8 Å². The van der Waals surface area contributed by atoms with Crippen molar-refractivity contribution in [2.45, 2.75) is 17.7 Å². The van der Waals surface area contributed by atoms with Crippen LogP contribution in [-0.2, 0) is 16.9 Å². The van der Waals surface area contributed by atoms with Crippen molar-refractivity contribution in [2.75, 3.05) is 0 Å². The minimum absolute atomic E-state index is 0.0601. The van der Waals surface area contributed by atoms with Gasteiger partial charge in [0.1, 0.15) is 22.3 Å². The summed E-state index contributed by atoms with van der Waals surface area (Å²) in [6.45, 7) is 1.25. The number of H-pyrrole nitrogens is 1. The molecule has 9 heteroatoms. The molecule has 26 heavy (non-hydrogen) atoms. The van der Waals surface area contributed by atoms with Gasteiger partial charge in [-0.3, -0.25) is 9.59 Å². The van der Waals surface area contributed by atoms with Gasteiger partial charge in [0.2, 0.25) is 10.5 Å². The number of pyridine rings is 1. The molecule has 0 spiro atoms. The van der Waals surface area contributed by atoms with Crippen molar-refractivity contribution in [1.29, 1.82) is 5.26 Å². The van der Waals surface area contributed by atoms with Gasteiger partial charge in [-0.15, -0.1) is 11.3 Å². The molecular weight excluding hydrogens is 460 g/mol. The molecule has 2 aromatic heterocycles. The lowest BCUT2D eigenvalue weighted by molar-refractivity contribution is 0.101.